The number of nitrogens with one attached hydrogen (secondary N) is 1. The first kappa shape index (κ1) is 14.7. The molecule has 0 saturated heterocycles. The third-order valence-electron chi connectivity index (χ3n) is 1.67. The minimum Gasteiger partial charge on any atom is -0.343 e. The Morgan fingerprint density at radius 2 is 2.11 bits per heavy atom. The zero-order valence-electron chi connectivity index (χ0n) is 8.67. The number of nitrogens with zero attached hydrogens (tertiary/aromatic N) is 1. The van der Waals surface area contributed by atoms with E-state index in [1.807, 2.05) is 0 Å². The van der Waals surface area contributed by atoms with Crippen LogP contribution in [0.2, 0.25) is 0 Å². The molecule has 1 aromatic heterocycles. The van der Waals surface area contributed by atoms with Crippen LogP contribution in [-0.2, 0) is 0 Å². The van der Waals surface area contributed by atoms with Crippen molar-refractivity contribution in [1.82, 2.24) is 10.3 Å². The molecular weight excluding hydrogens is 279 g/mol. The van der Waals surface area contributed by atoms with Crippen molar-refractivity contribution in [3.63, 3.8) is 0 Å². The Balaban J connectivity index is 2.79. The van der Waals surface area contributed by atoms with Gasteiger partial charge in [-0.1, -0.05) is 0 Å². The topological polar surface area (TPSA) is 42.0 Å². The fourth-order valence-electron chi connectivity index (χ4n) is 1.02. The minimum absolute atomic E-state index is 0.000203. The summed E-state index contributed by atoms with van der Waals surface area (Å²) < 4.78 is 60.0. The normalized spacial score (nSPS) is 11.7. The molecule has 1 N–H and O–H groups in total. The van der Waals surface area contributed by atoms with Gasteiger partial charge in [-0.2, -0.15) is 22.0 Å². The third kappa shape index (κ3) is 4.86. The summed E-state index contributed by atoms with van der Waals surface area (Å²) in [7, 11) is 0. The average Bonchev–Trinajstić information content (AvgIpc) is 2.25. The number of hydrogen-bond acceptors (Lipinski definition) is 3. The molecule has 0 aliphatic carbocycles. The lowest BCUT2D eigenvalue weighted by Crippen LogP contribution is -2.34. The number of halogens is 5. The van der Waals surface area contributed by atoms with Crippen LogP contribution in [0.5, 0.6) is 0 Å². The van der Waals surface area contributed by atoms with E-state index < -0.39 is 24.4 Å². The molecule has 18 heavy (non-hydrogen) atoms. The second kappa shape index (κ2) is 5.98. The molecule has 1 amide bonds. The lowest BCUT2D eigenvalue weighted by atomic mass is 10.2. The molecule has 0 unspecified atom stereocenters. The van der Waals surface area contributed by atoms with Crippen LogP contribution in [0, 0.1) is 0 Å². The van der Waals surface area contributed by atoms with E-state index in [-0.39, 0.29) is 22.4 Å². The van der Waals surface area contributed by atoms with E-state index in [1.54, 1.807) is 5.32 Å². The summed E-state index contributed by atoms with van der Waals surface area (Å²) in [5.41, 5.74) is -0.313. The molecule has 0 bridgehead atoms. The van der Waals surface area contributed by atoms with Gasteiger partial charge in [0.25, 0.3) is 11.7 Å². The molecule has 0 aliphatic heterocycles. The molecule has 0 spiro atoms. The molecule has 0 radical (unpaired) electrons. The number of hydrogen-bond donors (Lipinski definition) is 1. The number of carbonyl (C=O) groups excluding carboxylic acids is 1. The number of rotatable bonds is 4. The van der Waals surface area contributed by atoms with Crippen molar-refractivity contribution >= 4 is 17.7 Å². The maximum absolute atomic E-state index is 12.2. The van der Waals surface area contributed by atoms with E-state index in [9.17, 15) is 26.7 Å². The maximum Gasteiger partial charge on any atom is 0.405 e. The van der Waals surface area contributed by atoms with E-state index in [0.717, 1.165) is 6.07 Å². The molecule has 3 nitrogen and oxygen atoms in total. The standard InChI is InChI=1S/C9H7F5N2OS/c10-8(11)18-7-5(2-1-3-15-7)6(17)16-4-9(12,13)14/h1-3,8H,4H2,(H,16,17). The smallest absolute Gasteiger partial charge is 0.343 e. The third-order valence-corrected chi connectivity index (χ3v) is 2.39. The molecule has 1 rings (SSSR count). The summed E-state index contributed by atoms with van der Waals surface area (Å²) in [5.74, 6) is -3.90. The van der Waals surface area contributed by atoms with E-state index >= 15 is 0 Å². The largest absolute Gasteiger partial charge is 0.405 e. The quantitative estimate of drug-likeness (QED) is 0.683. The first-order chi connectivity index (χ1) is 8.29. The lowest BCUT2D eigenvalue weighted by molar-refractivity contribution is -0.123. The first-order valence-electron chi connectivity index (χ1n) is 4.54. The highest BCUT2D eigenvalue weighted by molar-refractivity contribution is 7.99. The van der Waals surface area contributed by atoms with Crippen LogP contribution < -0.4 is 5.32 Å². The van der Waals surface area contributed by atoms with Gasteiger partial charge in [0, 0.05) is 6.20 Å². The molecule has 0 fully saturated rings. The van der Waals surface area contributed by atoms with Gasteiger partial charge in [0.05, 0.1) is 5.56 Å². The summed E-state index contributed by atoms with van der Waals surface area (Å²) >= 11 is 0.000203. The van der Waals surface area contributed by atoms with Gasteiger partial charge in [-0.15, -0.1) is 0 Å². The van der Waals surface area contributed by atoms with E-state index in [4.69, 9.17) is 0 Å². The number of pyridine rings is 1. The fraction of sp³-hybridized carbons (Fsp3) is 0.333. The van der Waals surface area contributed by atoms with Crippen LogP contribution >= 0.6 is 11.8 Å². The van der Waals surface area contributed by atoms with Crippen molar-refractivity contribution in [2.75, 3.05) is 6.54 Å². The van der Waals surface area contributed by atoms with Gasteiger partial charge < -0.3 is 5.32 Å². The van der Waals surface area contributed by atoms with Gasteiger partial charge in [-0.05, 0) is 23.9 Å². The lowest BCUT2D eigenvalue weighted by Gasteiger charge is -2.10. The van der Waals surface area contributed by atoms with Crippen LogP contribution in [0.15, 0.2) is 23.4 Å². The summed E-state index contributed by atoms with van der Waals surface area (Å²) in [6.45, 7) is -1.53. The second-order valence-corrected chi connectivity index (χ2v) is 4.01. The highest BCUT2D eigenvalue weighted by Crippen LogP contribution is 2.26. The highest BCUT2D eigenvalue weighted by Gasteiger charge is 2.28. The maximum atomic E-state index is 12.2. The number of amides is 1. The summed E-state index contributed by atoms with van der Waals surface area (Å²) in [4.78, 5) is 14.9. The van der Waals surface area contributed by atoms with E-state index in [1.165, 1.54) is 12.3 Å². The molecule has 100 valence electrons. The van der Waals surface area contributed by atoms with Crippen LogP contribution in [0.25, 0.3) is 0 Å². The Hall–Kier alpha value is -1.38. The monoisotopic (exact) mass is 286 g/mol. The predicted molar refractivity (Wildman–Crippen MR) is 54.5 cm³/mol. The van der Waals surface area contributed by atoms with Crippen molar-refractivity contribution in [3.8, 4) is 0 Å². The van der Waals surface area contributed by atoms with Gasteiger partial charge in [0.1, 0.15) is 11.6 Å². The summed E-state index contributed by atoms with van der Waals surface area (Å²) in [6.07, 6.45) is -3.39. The predicted octanol–water partition coefficient (Wildman–Crippen LogP) is 2.69. The zero-order valence-corrected chi connectivity index (χ0v) is 9.49. The molecule has 0 saturated carbocycles. The first-order valence-corrected chi connectivity index (χ1v) is 5.42. The Labute approximate surface area is 103 Å². The molecule has 0 atom stereocenters. The number of thioether (sulfide) groups is 1. The Bertz CT molecular complexity index is 424. The zero-order chi connectivity index (χ0) is 13.8. The number of alkyl halides is 5. The van der Waals surface area contributed by atoms with Crippen molar-refractivity contribution in [2.45, 2.75) is 17.0 Å². The van der Waals surface area contributed by atoms with Crippen LogP contribution in [0.1, 0.15) is 10.4 Å². The fourth-order valence-corrected chi connectivity index (χ4v) is 1.60. The van der Waals surface area contributed by atoms with Crippen LogP contribution in [-0.4, -0.2) is 29.4 Å². The van der Waals surface area contributed by atoms with Gasteiger partial charge >= 0.3 is 6.18 Å². The second-order valence-electron chi connectivity index (χ2n) is 3.03. The minimum atomic E-state index is -4.56. The Morgan fingerprint density at radius 1 is 1.44 bits per heavy atom. The summed E-state index contributed by atoms with van der Waals surface area (Å²) in [5, 5.41) is 1.28. The molecule has 9 heteroatoms. The van der Waals surface area contributed by atoms with Gasteiger partial charge in [0.2, 0.25) is 0 Å². The Morgan fingerprint density at radius 3 is 2.67 bits per heavy atom. The van der Waals surface area contributed by atoms with Crippen molar-refractivity contribution < 1.29 is 26.7 Å². The molecular formula is C9H7F5N2OS. The van der Waals surface area contributed by atoms with Crippen molar-refractivity contribution in [1.29, 1.82) is 0 Å². The molecule has 1 aromatic rings. The van der Waals surface area contributed by atoms with Gasteiger partial charge in [-0.25, -0.2) is 4.98 Å². The Kier molecular flexibility index (Phi) is 4.88. The number of aromatic nitrogens is 1. The van der Waals surface area contributed by atoms with Crippen LogP contribution in [0.4, 0.5) is 22.0 Å². The van der Waals surface area contributed by atoms with Crippen molar-refractivity contribution in [2.24, 2.45) is 0 Å². The van der Waals surface area contributed by atoms with Crippen molar-refractivity contribution in [3.05, 3.63) is 23.9 Å². The van der Waals surface area contributed by atoms with E-state index in [2.05, 4.69) is 4.98 Å². The molecule has 0 aliphatic rings. The summed E-state index contributed by atoms with van der Waals surface area (Å²) in [6, 6.07) is 2.40. The average molecular weight is 286 g/mol. The van der Waals surface area contributed by atoms with Gasteiger partial charge in [0.15, 0.2) is 0 Å². The van der Waals surface area contributed by atoms with E-state index in [0.29, 0.717) is 0 Å². The molecule has 0 aromatic carbocycles. The van der Waals surface area contributed by atoms with Crippen LogP contribution in [0.3, 0.4) is 0 Å². The van der Waals surface area contributed by atoms with Gasteiger partial charge in [-0.3, -0.25) is 4.79 Å². The SMILES string of the molecule is O=C(NCC(F)(F)F)c1cccnc1SC(F)F. The highest BCUT2D eigenvalue weighted by atomic mass is 32.2. The molecule has 1 heterocycles. The number of carbonyl (C=O) groups is 1.